The van der Waals surface area contributed by atoms with Crippen LogP contribution in [0.3, 0.4) is 0 Å². The van der Waals surface area contributed by atoms with Crippen molar-refractivity contribution in [2.45, 2.75) is 62.9 Å². The van der Waals surface area contributed by atoms with Gasteiger partial charge in [-0.25, -0.2) is 4.79 Å². The summed E-state index contributed by atoms with van der Waals surface area (Å²) >= 11 is 0. The van der Waals surface area contributed by atoms with E-state index in [4.69, 9.17) is 18.7 Å². The quantitative estimate of drug-likeness (QED) is 0.0353. The molecule has 0 fully saturated rings. The van der Waals surface area contributed by atoms with Gasteiger partial charge in [0, 0.05) is 5.57 Å². The predicted octanol–water partition coefficient (Wildman–Crippen LogP) is 14.5. The number of hydrogen-bond donors (Lipinski definition) is 0. The van der Waals surface area contributed by atoms with E-state index in [1.54, 1.807) is 6.07 Å². The van der Waals surface area contributed by atoms with Gasteiger partial charge in [0.2, 0.25) is 0 Å². The third-order valence-corrected chi connectivity index (χ3v) is 8.96. The first kappa shape index (κ1) is 60.1. The molecule has 0 amide bonds. The number of quaternary nitrogens is 1. The normalized spacial score (nSPS) is 13.2. The van der Waals surface area contributed by atoms with Crippen LogP contribution < -0.4 is 14.0 Å². The van der Waals surface area contributed by atoms with Gasteiger partial charge in [0.05, 0.1) is 53.0 Å². The number of rotatable bonds is 12. The van der Waals surface area contributed by atoms with Gasteiger partial charge in [0.15, 0.2) is 0 Å². The molecule has 6 nitrogen and oxygen atoms in total. The van der Waals surface area contributed by atoms with Crippen molar-refractivity contribution >= 4 is 13.3 Å². The highest BCUT2D eigenvalue weighted by Gasteiger charge is 2.45. The summed E-state index contributed by atoms with van der Waals surface area (Å²) in [5.74, 6) is -5.87. The number of esters is 1. The Bertz CT molecular complexity index is 2380. The highest BCUT2D eigenvalue weighted by atomic mass is 19.4. The van der Waals surface area contributed by atoms with E-state index < -0.39 is 172 Å². The van der Waals surface area contributed by atoms with E-state index in [1.165, 1.54) is 6.92 Å². The van der Waals surface area contributed by atoms with Crippen molar-refractivity contribution in [3.05, 3.63) is 135 Å². The van der Waals surface area contributed by atoms with Gasteiger partial charge in [-0.15, -0.1) is 6.07 Å². The lowest BCUT2D eigenvalue weighted by atomic mass is 9.99. The number of halogens is 24. The molecule has 0 aliphatic rings. The van der Waals surface area contributed by atoms with Crippen LogP contribution in [0.2, 0.25) is 0 Å². The Kier molecular flexibility index (Phi) is 17.6. The zero-order chi connectivity index (χ0) is 55.6. The Labute approximate surface area is 389 Å². The Morgan fingerprint density at radius 2 is 0.833 bits per heavy atom. The molecule has 4 aromatic rings. The molecule has 0 unspecified atom stereocenters. The van der Waals surface area contributed by atoms with Gasteiger partial charge in [-0.1, -0.05) is 17.7 Å². The Morgan fingerprint density at radius 1 is 0.500 bits per heavy atom. The summed E-state index contributed by atoms with van der Waals surface area (Å²) in [4.78, 5) is 11.8. The molecule has 0 aliphatic heterocycles. The zero-order valence-corrected chi connectivity index (χ0v) is 35.8. The number of nitrogens with zero attached hydrogens (tertiary/aromatic N) is 1. The lowest BCUT2D eigenvalue weighted by molar-refractivity contribution is -0.903. The average Bonchev–Trinajstić information content (AvgIpc) is 3.18. The molecule has 0 atom stereocenters. The van der Waals surface area contributed by atoms with Gasteiger partial charge >= 0.3 is 62.7 Å². The third-order valence-electron chi connectivity index (χ3n) is 8.96. The number of carbonyl (C=O) groups excluding carboxylic acids is 1. The van der Waals surface area contributed by atoms with E-state index in [0.29, 0.717) is 12.1 Å². The summed E-state index contributed by atoms with van der Waals surface area (Å²) in [6, 6.07) is 0.409. The maximum Gasteiger partial charge on any atom is 0.864 e. The molecule has 0 heterocycles. The lowest BCUT2D eigenvalue weighted by Crippen LogP contribution is -2.43. The van der Waals surface area contributed by atoms with Crippen LogP contribution in [0.15, 0.2) is 78.9 Å². The van der Waals surface area contributed by atoms with Crippen LogP contribution in [0.25, 0.3) is 0 Å². The van der Waals surface area contributed by atoms with E-state index in [0.717, 1.165) is 14.1 Å². The maximum absolute atomic E-state index is 14.5. The molecular formula is C41H28BF24NO5. The number of alkyl halides is 24. The van der Waals surface area contributed by atoms with Crippen LogP contribution in [0.4, 0.5) is 105 Å². The van der Waals surface area contributed by atoms with Crippen molar-refractivity contribution in [1.29, 1.82) is 0 Å². The molecular weight excluding hydrogens is 1050 g/mol. The molecule has 0 aromatic heterocycles. The van der Waals surface area contributed by atoms with Crippen molar-refractivity contribution < 1.29 is 133 Å². The van der Waals surface area contributed by atoms with Crippen LogP contribution >= 0.6 is 0 Å². The molecule has 72 heavy (non-hydrogen) atoms. The van der Waals surface area contributed by atoms with Gasteiger partial charge < -0.3 is 23.2 Å². The van der Waals surface area contributed by atoms with Crippen LogP contribution in [0.1, 0.15) is 57.0 Å². The summed E-state index contributed by atoms with van der Waals surface area (Å²) in [5, 5.41) is 0. The smallest absolute Gasteiger partial charge is 0.490 e. The minimum atomic E-state index is -5.72. The first-order valence-electron chi connectivity index (χ1n) is 18.9. The third kappa shape index (κ3) is 17.6. The van der Waals surface area contributed by atoms with E-state index in [9.17, 15) is 110 Å². The van der Waals surface area contributed by atoms with E-state index >= 15 is 0 Å². The Balaban J connectivity index is 0.000000838. The molecule has 4 rings (SSSR count). The summed E-state index contributed by atoms with van der Waals surface area (Å²) < 4.78 is 340. The second kappa shape index (κ2) is 21.1. The summed E-state index contributed by atoms with van der Waals surface area (Å²) in [5.41, 5.74) is -16.9. The van der Waals surface area contributed by atoms with Crippen LogP contribution in [-0.2, 0) is 65.5 Å². The maximum atomic E-state index is 14.5. The van der Waals surface area contributed by atoms with Crippen LogP contribution in [0, 0.1) is 6.07 Å². The first-order valence-corrected chi connectivity index (χ1v) is 18.9. The van der Waals surface area contributed by atoms with Crippen molar-refractivity contribution in [1.82, 2.24) is 0 Å². The average molecular weight is 1080 g/mol. The fraction of sp³-hybridized carbons (Fsp3) is 0.341. The monoisotopic (exact) mass is 1080 g/mol. The standard InChI is InChI=1S/C33H25BF18NO5.C8H3F6/c1-16(2)27(54)55-6-5-53(3,4)15-24-25(33(50,51)52)13-21(32(47,48)49)14-26(24)58-34(56-22-9-17(28(35,36)37)7-18(10-22)29(38,39)40)57-23-11-19(30(41,42)43)8-20(12-23)31(44,45)46;9-7(10,11)5-2-1-3-6(4-5)8(12,13)14/h7-14H,1,5-6,15H2,2-4H3;2-4H/q+1;-1. The summed E-state index contributed by atoms with van der Waals surface area (Å²) in [6.07, 6.45) is -43.4. The molecule has 4 aromatic carbocycles. The number of likely N-dealkylation sites (N-methyl/N-ethyl adjacent to an activating group) is 1. The Hall–Kier alpha value is -6.17. The second-order valence-corrected chi connectivity index (χ2v) is 15.4. The summed E-state index contributed by atoms with van der Waals surface area (Å²) in [6.45, 7) is 2.51. The largest absolute Gasteiger partial charge is 0.864 e. The molecule has 31 heteroatoms. The minimum absolute atomic E-state index is 0.0521. The van der Waals surface area contributed by atoms with Gasteiger partial charge in [-0.2, -0.15) is 124 Å². The minimum Gasteiger partial charge on any atom is -0.490 e. The van der Waals surface area contributed by atoms with Gasteiger partial charge in [-0.3, -0.25) is 0 Å². The van der Waals surface area contributed by atoms with E-state index in [-0.39, 0.29) is 42.0 Å². The number of benzene rings is 4. The van der Waals surface area contributed by atoms with Crippen LogP contribution in [0.5, 0.6) is 17.2 Å². The molecule has 0 N–H and O–H groups in total. The van der Waals surface area contributed by atoms with E-state index in [2.05, 4.69) is 6.58 Å². The fourth-order valence-electron chi connectivity index (χ4n) is 5.53. The highest BCUT2D eigenvalue weighted by molar-refractivity contribution is 6.39. The second-order valence-electron chi connectivity index (χ2n) is 15.4. The van der Waals surface area contributed by atoms with E-state index in [1.807, 2.05) is 0 Å². The van der Waals surface area contributed by atoms with Crippen molar-refractivity contribution in [3.63, 3.8) is 0 Å². The van der Waals surface area contributed by atoms with Crippen molar-refractivity contribution in [2.24, 2.45) is 0 Å². The highest BCUT2D eigenvalue weighted by Crippen LogP contribution is 2.45. The molecule has 0 radical (unpaired) electrons. The molecule has 0 bridgehead atoms. The van der Waals surface area contributed by atoms with Crippen LogP contribution in [-0.4, -0.2) is 45.0 Å². The summed E-state index contributed by atoms with van der Waals surface area (Å²) in [7, 11) is -1.06. The van der Waals surface area contributed by atoms with Gasteiger partial charge in [0.1, 0.15) is 36.9 Å². The number of ether oxygens (including phenoxy) is 1. The number of carbonyl (C=O) groups is 1. The van der Waals surface area contributed by atoms with Crippen molar-refractivity contribution in [3.8, 4) is 17.2 Å². The molecule has 0 saturated carbocycles. The number of hydrogen-bond acceptors (Lipinski definition) is 5. The van der Waals surface area contributed by atoms with Crippen molar-refractivity contribution in [2.75, 3.05) is 27.2 Å². The topological polar surface area (TPSA) is 54.0 Å². The molecule has 0 saturated heterocycles. The molecule has 0 aliphatic carbocycles. The zero-order valence-electron chi connectivity index (χ0n) is 35.8. The Morgan fingerprint density at radius 3 is 1.15 bits per heavy atom. The molecule has 0 spiro atoms. The first-order chi connectivity index (χ1) is 32.2. The SMILES string of the molecule is C=C(C)C(=O)OCC[N+](C)(C)Cc1c(OB(Oc2cc(C(F)(F)F)cc(C(F)(F)F)c2)Oc2cc(C(F)(F)F)cc(C(F)(F)F)c2)cc(C(F)(F)F)cc1C(F)(F)F.FC(F)(F)c1c[c-]cc(C(F)(F)F)c1. The van der Waals surface area contributed by atoms with Gasteiger partial charge in [-0.05, 0) is 55.5 Å². The predicted molar refractivity (Wildman–Crippen MR) is 199 cm³/mol. The lowest BCUT2D eigenvalue weighted by Gasteiger charge is -2.32. The molecule has 398 valence electrons. The van der Waals surface area contributed by atoms with Gasteiger partial charge in [0.25, 0.3) is 0 Å². The fourth-order valence-corrected chi connectivity index (χ4v) is 5.53.